The smallest absolute Gasteiger partial charge is 0.259 e. The van der Waals surface area contributed by atoms with Crippen LogP contribution in [-0.4, -0.2) is 16.7 Å². The molecular weight excluding hydrogens is 545 g/mol. The monoisotopic (exact) mass is 577 g/mol. The van der Waals surface area contributed by atoms with Crippen LogP contribution >= 0.6 is 34.5 Å². The van der Waals surface area contributed by atoms with Crippen molar-refractivity contribution in [1.82, 2.24) is 4.57 Å². The molecule has 0 aliphatic heterocycles. The van der Waals surface area contributed by atoms with Crippen molar-refractivity contribution < 1.29 is 4.79 Å². The van der Waals surface area contributed by atoms with Gasteiger partial charge in [-0.1, -0.05) is 44.0 Å². The molecule has 1 aliphatic carbocycles. The lowest BCUT2D eigenvalue weighted by Gasteiger charge is -2.33. The van der Waals surface area contributed by atoms with Gasteiger partial charge in [-0.25, -0.2) is 4.99 Å². The van der Waals surface area contributed by atoms with Gasteiger partial charge in [0.05, 0.1) is 5.56 Å². The van der Waals surface area contributed by atoms with E-state index in [1.807, 2.05) is 42.6 Å². The van der Waals surface area contributed by atoms with Gasteiger partial charge in [0, 0.05) is 49.5 Å². The Morgan fingerprint density at radius 1 is 1.05 bits per heavy atom. The zero-order chi connectivity index (χ0) is 27.9. The first kappa shape index (κ1) is 27.7. The molecule has 2 aromatic carbocycles. The summed E-state index contributed by atoms with van der Waals surface area (Å²) in [5, 5.41) is 5.18. The van der Waals surface area contributed by atoms with E-state index in [1.165, 1.54) is 4.88 Å². The van der Waals surface area contributed by atoms with E-state index in [-0.39, 0.29) is 11.3 Å². The van der Waals surface area contributed by atoms with Crippen LogP contribution in [-0.2, 0) is 12.8 Å². The molecule has 202 valence electrons. The minimum Gasteiger partial charge on any atom is -0.322 e. The summed E-state index contributed by atoms with van der Waals surface area (Å²) in [6.07, 6.45) is 4.83. The first-order chi connectivity index (χ1) is 18.5. The SMILES string of the molecule is Cc1cc(C=Nc2sc3c(c2C(=O)Nc2ccc(Cl)cc2)CC[C@@H](C(C)(C)C)C3)c(C)n1-c1ccc(Cl)cc1. The molecule has 4 aromatic rings. The van der Waals surface area contributed by atoms with Crippen LogP contribution in [0.5, 0.6) is 0 Å². The van der Waals surface area contributed by atoms with Crippen LogP contribution in [0.1, 0.15) is 64.9 Å². The first-order valence-electron chi connectivity index (χ1n) is 13.2. The molecular formula is C32H33Cl2N3OS. The Balaban J connectivity index is 1.51. The molecule has 7 heteroatoms. The van der Waals surface area contributed by atoms with Crippen LogP contribution in [0.25, 0.3) is 5.69 Å². The maximum Gasteiger partial charge on any atom is 0.259 e. The number of anilines is 1. The number of nitrogens with zero attached hydrogens (tertiary/aromatic N) is 2. The molecule has 1 atom stereocenters. The van der Waals surface area contributed by atoms with Crippen molar-refractivity contribution in [3.8, 4) is 5.69 Å². The average Bonchev–Trinajstić information content (AvgIpc) is 3.39. The molecule has 0 bridgehead atoms. The summed E-state index contributed by atoms with van der Waals surface area (Å²) in [6.45, 7) is 11.1. The van der Waals surface area contributed by atoms with E-state index < -0.39 is 0 Å². The van der Waals surface area contributed by atoms with Gasteiger partial charge in [0.25, 0.3) is 5.91 Å². The fraction of sp³-hybridized carbons (Fsp3) is 0.312. The molecule has 0 saturated heterocycles. The number of benzene rings is 2. The minimum absolute atomic E-state index is 0.122. The van der Waals surface area contributed by atoms with Crippen molar-refractivity contribution in [2.45, 2.75) is 53.9 Å². The van der Waals surface area contributed by atoms with Crippen LogP contribution in [0.4, 0.5) is 10.7 Å². The molecule has 0 unspecified atom stereocenters. The lowest BCUT2D eigenvalue weighted by molar-refractivity contribution is 0.102. The fourth-order valence-corrected chi connectivity index (χ4v) is 6.92. The average molecular weight is 579 g/mol. The van der Waals surface area contributed by atoms with Crippen molar-refractivity contribution in [1.29, 1.82) is 0 Å². The normalized spacial score (nSPS) is 15.5. The Labute approximate surface area is 244 Å². The van der Waals surface area contributed by atoms with Gasteiger partial charge >= 0.3 is 0 Å². The number of carbonyl (C=O) groups is 1. The van der Waals surface area contributed by atoms with E-state index in [9.17, 15) is 4.79 Å². The van der Waals surface area contributed by atoms with Gasteiger partial charge in [0.1, 0.15) is 5.00 Å². The summed E-state index contributed by atoms with van der Waals surface area (Å²) in [5.41, 5.74) is 7.04. The summed E-state index contributed by atoms with van der Waals surface area (Å²) < 4.78 is 2.19. The predicted molar refractivity (Wildman–Crippen MR) is 166 cm³/mol. The number of rotatable bonds is 5. The van der Waals surface area contributed by atoms with Crippen molar-refractivity contribution in [3.63, 3.8) is 0 Å². The maximum absolute atomic E-state index is 13.7. The number of hydrogen-bond acceptors (Lipinski definition) is 3. The van der Waals surface area contributed by atoms with Crippen LogP contribution in [0.2, 0.25) is 10.0 Å². The third-order valence-electron chi connectivity index (χ3n) is 7.68. The maximum atomic E-state index is 13.7. The van der Waals surface area contributed by atoms with E-state index in [1.54, 1.807) is 23.5 Å². The first-order valence-corrected chi connectivity index (χ1v) is 14.8. The Hall–Kier alpha value is -2.86. The van der Waals surface area contributed by atoms with E-state index in [0.717, 1.165) is 52.5 Å². The molecule has 0 radical (unpaired) electrons. The lowest BCUT2D eigenvalue weighted by atomic mass is 9.72. The summed E-state index contributed by atoms with van der Waals surface area (Å²) in [6, 6.07) is 17.2. The summed E-state index contributed by atoms with van der Waals surface area (Å²) >= 11 is 13.8. The Kier molecular flexibility index (Phi) is 7.78. The van der Waals surface area contributed by atoms with E-state index in [0.29, 0.717) is 27.2 Å². The molecule has 0 spiro atoms. The highest BCUT2D eigenvalue weighted by molar-refractivity contribution is 7.16. The largest absolute Gasteiger partial charge is 0.322 e. The zero-order valence-electron chi connectivity index (χ0n) is 22.9. The molecule has 1 N–H and O–H groups in total. The van der Waals surface area contributed by atoms with E-state index in [4.69, 9.17) is 28.2 Å². The molecule has 2 heterocycles. The number of thiophene rings is 1. The third kappa shape index (κ3) is 5.86. The number of carbonyl (C=O) groups excluding carboxylic acids is 1. The Bertz CT molecular complexity index is 1540. The van der Waals surface area contributed by atoms with Crippen LogP contribution in [0.3, 0.4) is 0 Å². The zero-order valence-corrected chi connectivity index (χ0v) is 25.3. The van der Waals surface area contributed by atoms with Crippen LogP contribution < -0.4 is 5.32 Å². The van der Waals surface area contributed by atoms with Crippen LogP contribution in [0, 0.1) is 25.2 Å². The van der Waals surface area contributed by atoms with Gasteiger partial charge < -0.3 is 9.88 Å². The summed E-state index contributed by atoms with van der Waals surface area (Å²) in [5.74, 6) is 0.453. The quantitative estimate of drug-likeness (QED) is 0.236. The highest BCUT2D eigenvalue weighted by Crippen LogP contribution is 2.45. The fourth-order valence-electron chi connectivity index (χ4n) is 5.40. The molecule has 0 fully saturated rings. The highest BCUT2D eigenvalue weighted by Gasteiger charge is 2.33. The predicted octanol–water partition coefficient (Wildman–Crippen LogP) is 9.62. The number of nitrogens with one attached hydrogen (secondary N) is 1. The van der Waals surface area contributed by atoms with Gasteiger partial charge in [-0.15, -0.1) is 11.3 Å². The van der Waals surface area contributed by atoms with Gasteiger partial charge in [-0.05, 0) is 105 Å². The molecule has 39 heavy (non-hydrogen) atoms. The molecule has 5 rings (SSSR count). The molecule has 1 amide bonds. The number of aliphatic imine (C=N–C) groups is 1. The van der Waals surface area contributed by atoms with Gasteiger partial charge in [0.15, 0.2) is 0 Å². The minimum atomic E-state index is -0.122. The molecule has 4 nitrogen and oxygen atoms in total. The van der Waals surface area contributed by atoms with Crippen molar-refractivity contribution >= 4 is 57.3 Å². The second-order valence-electron chi connectivity index (χ2n) is 11.3. The topological polar surface area (TPSA) is 46.4 Å². The van der Waals surface area contributed by atoms with Gasteiger partial charge in [-0.2, -0.15) is 0 Å². The van der Waals surface area contributed by atoms with E-state index in [2.05, 4.69) is 50.6 Å². The molecule has 0 saturated carbocycles. The number of fused-ring (bicyclic) bond motifs is 1. The lowest BCUT2D eigenvalue weighted by Crippen LogP contribution is -2.27. The number of amides is 1. The van der Waals surface area contributed by atoms with Crippen molar-refractivity contribution in [3.05, 3.63) is 97.6 Å². The molecule has 2 aromatic heterocycles. The number of hydrogen-bond donors (Lipinski definition) is 1. The number of aryl methyl sites for hydroxylation is 1. The van der Waals surface area contributed by atoms with E-state index >= 15 is 0 Å². The van der Waals surface area contributed by atoms with Crippen molar-refractivity contribution in [2.24, 2.45) is 16.3 Å². The highest BCUT2D eigenvalue weighted by atomic mass is 35.5. The number of halogens is 2. The number of aromatic nitrogens is 1. The summed E-state index contributed by atoms with van der Waals surface area (Å²) in [4.78, 5) is 19.9. The second kappa shape index (κ2) is 11.0. The second-order valence-corrected chi connectivity index (χ2v) is 13.3. The van der Waals surface area contributed by atoms with Gasteiger partial charge in [0.2, 0.25) is 0 Å². The Morgan fingerprint density at radius 3 is 2.33 bits per heavy atom. The molecule has 1 aliphatic rings. The third-order valence-corrected chi connectivity index (χ3v) is 9.34. The van der Waals surface area contributed by atoms with Gasteiger partial charge in [-0.3, -0.25) is 4.79 Å². The standard InChI is InChI=1S/C32H33Cl2N3OS/c1-19-16-21(20(2)37(19)26-13-9-24(34)10-14-26)18-35-31-29(30(38)36-25-11-7-23(33)8-12-25)27-15-6-22(32(3,4)5)17-28(27)39-31/h7-14,16,18,22H,6,15,17H2,1-5H3,(H,36,38)/t22-/m1/s1. The van der Waals surface area contributed by atoms with Crippen molar-refractivity contribution in [2.75, 3.05) is 5.32 Å². The summed E-state index contributed by atoms with van der Waals surface area (Å²) in [7, 11) is 0. The van der Waals surface area contributed by atoms with Crippen LogP contribution in [0.15, 0.2) is 59.6 Å². The Morgan fingerprint density at radius 2 is 1.69 bits per heavy atom.